The number of benzene rings is 1. The number of hydrogen-bond donors (Lipinski definition) is 2. The smallest absolute Gasteiger partial charge is 0.352 e. The summed E-state index contributed by atoms with van der Waals surface area (Å²) in [5, 5.41) is 12.0. The van der Waals surface area contributed by atoms with Gasteiger partial charge in [0.1, 0.15) is 17.7 Å². The molecular formula is C16H14FN3O4. The van der Waals surface area contributed by atoms with Gasteiger partial charge in [-0.2, -0.15) is 4.98 Å². The second-order valence-electron chi connectivity index (χ2n) is 5.19. The maximum absolute atomic E-state index is 13.9. The van der Waals surface area contributed by atoms with Gasteiger partial charge in [-0.1, -0.05) is 24.8 Å². The van der Waals surface area contributed by atoms with Crippen LogP contribution in [0.25, 0.3) is 0 Å². The van der Waals surface area contributed by atoms with Crippen LogP contribution in [0.4, 0.5) is 10.2 Å². The van der Waals surface area contributed by atoms with Gasteiger partial charge in [0.15, 0.2) is 6.17 Å². The van der Waals surface area contributed by atoms with E-state index in [4.69, 9.17) is 4.74 Å². The summed E-state index contributed by atoms with van der Waals surface area (Å²) in [6, 6.07) is 9.75. The SMILES string of the molecule is C=C1O[C@@H](n2ccc(NC(=O)c3ccccc3)nc2=O)[C@@H](F)[C@@H]1O. The van der Waals surface area contributed by atoms with Crippen molar-refractivity contribution in [2.45, 2.75) is 18.5 Å². The number of nitrogens with one attached hydrogen (secondary N) is 1. The van der Waals surface area contributed by atoms with E-state index >= 15 is 0 Å². The van der Waals surface area contributed by atoms with Crippen LogP contribution in [0.1, 0.15) is 16.6 Å². The first kappa shape index (κ1) is 15.9. The number of halogens is 1. The molecule has 1 amide bonds. The Morgan fingerprint density at radius 3 is 2.62 bits per heavy atom. The van der Waals surface area contributed by atoms with Gasteiger partial charge in [0.25, 0.3) is 5.91 Å². The Hall–Kier alpha value is -3.00. The Bertz CT molecular complexity index is 837. The highest BCUT2D eigenvalue weighted by molar-refractivity contribution is 6.03. The van der Waals surface area contributed by atoms with Gasteiger partial charge < -0.3 is 15.2 Å². The lowest BCUT2D eigenvalue weighted by Gasteiger charge is -2.15. The van der Waals surface area contributed by atoms with Crippen LogP contribution in [0.3, 0.4) is 0 Å². The van der Waals surface area contributed by atoms with Crippen LogP contribution in [0, 0.1) is 0 Å². The minimum Gasteiger partial charge on any atom is -0.469 e. The summed E-state index contributed by atoms with van der Waals surface area (Å²) in [6.45, 7) is 3.38. The molecule has 124 valence electrons. The third-order valence-electron chi connectivity index (χ3n) is 3.56. The van der Waals surface area contributed by atoms with Gasteiger partial charge in [0, 0.05) is 11.8 Å². The van der Waals surface area contributed by atoms with Gasteiger partial charge >= 0.3 is 5.69 Å². The number of nitrogens with zero attached hydrogens (tertiary/aromatic N) is 2. The molecular weight excluding hydrogens is 317 g/mol. The van der Waals surface area contributed by atoms with Crippen LogP contribution in [-0.2, 0) is 4.74 Å². The molecule has 0 radical (unpaired) electrons. The van der Waals surface area contributed by atoms with Crippen LogP contribution in [0.2, 0.25) is 0 Å². The molecule has 0 unspecified atom stereocenters. The number of aromatic nitrogens is 2. The van der Waals surface area contributed by atoms with Crippen molar-refractivity contribution in [1.82, 2.24) is 9.55 Å². The highest BCUT2D eigenvalue weighted by Crippen LogP contribution is 2.32. The predicted molar refractivity (Wildman–Crippen MR) is 83.1 cm³/mol. The van der Waals surface area contributed by atoms with E-state index in [1.165, 1.54) is 12.3 Å². The normalized spacial score (nSPS) is 22.9. The molecule has 2 aromatic rings. The summed E-state index contributed by atoms with van der Waals surface area (Å²) < 4.78 is 19.9. The van der Waals surface area contributed by atoms with Crippen molar-refractivity contribution in [1.29, 1.82) is 0 Å². The zero-order chi connectivity index (χ0) is 17.3. The Balaban J connectivity index is 1.80. The first-order chi connectivity index (χ1) is 11.5. The average Bonchev–Trinajstić information content (AvgIpc) is 2.83. The Morgan fingerprint density at radius 2 is 2.04 bits per heavy atom. The molecule has 3 rings (SSSR count). The molecule has 24 heavy (non-hydrogen) atoms. The van der Waals surface area contributed by atoms with Crippen LogP contribution in [0.15, 0.2) is 59.7 Å². The fourth-order valence-corrected chi connectivity index (χ4v) is 2.29. The number of carbonyl (C=O) groups excluding carboxylic acids is 1. The predicted octanol–water partition coefficient (Wildman–Crippen LogP) is 1.24. The molecule has 7 nitrogen and oxygen atoms in total. The maximum Gasteiger partial charge on any atom is 0.352 e. The van der Waals surface area contributed by atoms with E-state index in [1.54, 1.807) is 30.3 Å². The number of ether oxygens (including phenoxy) is 1. The van der Waals surface area contributed by atoms with Gasteiger partial charge in [-0.05, 0) is 18.2 Å². The lowest BCUT2D eigenvalue weighted by Crippen LogP contribution is -2.33. The molecule has 0 aliphatic carbocycles. The van der Waals surface area contributed by atoms with E-state index < -0.39 is 30.1 Å². The fraction of sp³-hybridized carbons (Fsp3) is 0.188. The van der Waals surface area contributed by atoms with Crippen molar-refractivity contribution in [3.05, 3.63) is 71.0 Å². The number of rotatable bonds is 3. The van der Waals surface area contributed by atoms with Crippen LogP contribution in [0.5, 0.6) is 0 Å². The summed E-state index contributed by atoms with van der Waals surface area (Å²) in [4.78, 5) is 27.7. The average molecular weight is 331 g/mol. The van der Waals surface area contributed by atoms with E-state index in [2.05, 4.69) is 16.9 Å². The number of carbonyl (C=O) groups is 1. The first-order valence-corrected chi connectivity index (χ1v) is 7.10. The summed E-state index contributed by atoms with van der Waals surface area (Å²) in [5.41, 5.74) is -0.415. The lowest BCUT2D eigenvalue weighted by molar-refractivity contribution is 0.0343. The second kappa shape index (κ2) is 6.25. The fourth-order valence-electron chi connectivity index (χ4n) is 2.29. The van der Waals surface area contributed by atoms with E-state index in [1.807, 2.05) is 0 Å². The monoisotopic (exact) mass is 331 g/mol. The highest BCUT2D eigenvalue weighted by atomic mass is 19.1. The summed E-state index contributed by atoms with van der Waals surface area (Å²) in [7, 11) is 0. The topological polar surface area (TPSA) is 93.5 Å². The molecule has 1 fully saturated rings. The maximum atomic E-state index is 13.9. The summed E-state index contributed by atoms with van der Waals surface area (Å²) in [6.07, 6.45) is -3.44. The molecule has 8 heteroatoms. The number of aliphatic hydroxyl groups is 1. The third kappa shape index (κ3) is 2.91. The van der Waals surface area contributed by atoms with Crippen molar-refractivity contribution >= 4 is 11.7 Å². The Labute approximate surface area is 136 Å². The van der Waals surface area contributed by atoms with E-state index in [9.17, 15) is 19.1 Å². The van der Waals surface area contributed by atoms with Gasteiger partial charge in [-0.25, -0.2) is 9.18 Å². The molecule has 3 atom stereocenters. The summed E-state index contributed by atoms with van der Waals surface area (Å²) >= 11 is 0. The molecule has 0 spiro atoms. The second-order valence-corrected chi connectivity index (χ2v) is 5.19. The molecule has 2 heterocycles. The molecule has 0 saturated carbocycles. The summed E-state index contributed by atoms with van der Waals surface area (Å²) in [5.74, 6) is -0.553. The van der Waals surface area contributed by atoms with E-state index in [0.717, 1.165) is 4.57 Å². The largest absolute Gasteiger partial charge is 0.469 e. The standard InChI is InChI=1S/C16H14FN3O4/c1-9-13(21)12(17)15(24-9)20-8-7-11(19-16(20)23)18-14(22)10-5-3-2-4-6-10/h2-8,12-13,15,21H,1H2,(H,18,19,22,23)/t12-,13+,15+/m0/s1. The first-order valence-electron chi connectivity index (χ1n) is 7.10. The molecule has 0 bridgehead atoms. The third-order valence-corrected chi connectivity index (χ3v) is 3.56. The van der Waals surface area contributed by atoms with Crippen LogP contribution in [-0.4, -0.2) is 32.8 Å². The zero-order valence-corrected chi connectivity index (χ0v) is 12.4. The highest BCUT2D eigenvalue weighted by Gasteiger charge is 2.42. The molecule has 2 N–H and O–H groups in total. The Kier molecular flexibility index (Phi) is 4.13. The van der Waals surface area contributed by atoms with Crippen molar-refractivity contribution in [3.8, 4) is 0 Å². The number of alkyl halides is 1. The minimum absolute atomic E-state index is 0.0258. The van der Waals surface area contributed by atoms with Gasteiger partial charge in [-0.15, -0.1) is 0 Å². The van der Waals surface area contributed by atoms with Gasteiger partial charge in [0.05, 0.1) is 0 Å². The molecule has 1 saturated heterocycles. The molecule has 1 aliphatic rings. The quantitative estimate of drug-likeness (QED) is 0.882. The van der Waals surface area contributed by atoms with Crippen molar-refractivity contribution < 1.29 is 19.0 Å². The van der Waals surface area contributed by atoms with Crippen LogP contribution >= 0.6 is 0 Å². The molecule has 1 aromatic heterocycles. The van der Waals surface area contributed by atoms with Crippen molar-refractivity contribution in [3.63, 3.8) is 0 Å². The lowest BCUT2D eigenvalue weighted by atomic mass is 10.2. The minimum atomic E-state index is -1.83. The van der Waals surface area contributed by atoms with Gasteiger partial charge in [-0.3, -0.25) is 9.36 Å². The van der Waals surface area contributed by atoms with E-state index in [0.29, 0.717) is 5.56 Å². The van der Waals surface area contributed by atoms with Crippen molar-refractivity contribution in [2.75, 3.05) is 5.32 Å². The molecule has 1 aliphatic heterocycles. The zero-order valence-electron chi connectivity index (χ0n) is 12.4. The number of hydrogen-bond acceptors (Lipinski definition) is 5. The van der Waals surface area contributed by atoms with Crippen LogP contribution < -0.4 is 11.0 Å². The van der Waals surface area contributed by atoms with Crippen molar-refractivity contribution in [2.24, 2.45) is 0 Å². The van der Waals surface area contributed by atoms with E-state index in [-0.39, 0.29) is 11.6 Å². The van der Waals surface area contributed by atoms with Gasteiger partial charge in [0.2, 0.25) is 6.23 Å². The number of amides is 1. The Morgan fingerprint density at radius 1 is 1.33 bits per heavy atom. The number of anilines is 1. The molecule has 1 aromatic carbocycles. The number of aliphatic hydroxyl groups excluding tert-OH is 1.